The van der Waals surface area contributed by atoms with Gasteiger partial charge >= 0.3 is 0 Å². The van der Waals surface area contributed by atoms with Gasteiger partial charge in [0, 0.05) is 44.0 Å². The number of hydrogen-bond acceptors (Lipinski definition) is 7. The largest absolute Gasteiger partial charge is 0.477 e. The summed E-state index contributed by atoms with van der Waals surface area (Å²) in [6.07, 6.45) is 4.41. The molecule has 3 heterocycles. The number of anilines is 3. The lowest BCUT2D eigenvalue weighted by atomic mass is 10.3. The predicted molar refractivity (Wildman–Crippen MR) is 75.6 cm³/mol. The zero-order valence-electron chi connectivity index (χ0n) is 11.7. The number of fused-ring (bicyclic) bond motifs is 1. The fourth-order valence-corrected chi connectivity index (χ4v) is 2.05. The number of aryl methyl sites for hydroxylation is 1. The minimum atomic E-state index is 0.444. The minimum Gasteiger partial charge on any atom is -0.477 e. The van der Waals surface area contributed by atoms with E-state index in [9.17, 15) is 0 Å². The molecule has 0 fully saturated rings. The van der Waals surface area contributed by atoms with Crippen LogP contribution in [0.4, 0.5) is 17.7 Å². The first-order chi connectivity index (χ1) is 9.63. The lowest BCUT2D eigenvalue weighted by Gasteiger charge is -2.14. The zero-order chi connectivity index (χ0) is 14.1. The summed E-state index contributed by atoms with van der Waals surface area (Å²) in [5.41, 5.74) is 2.05. The van der Waals surface area contributed by atoms with Crippen LogP contribution in [0, 0.1) is 6.92 Å². The third-order valence-electron chi connectivity index (χ3n) is 3.03. The maximum Gasteiger partial charge on any atom is 0.232 e. The summed E-state index contributed by atoms with van der Waals surface area (Å²) in [7, 11) is 3.89. The summed E-state index contributed by atoms with van der Waals surface area (Å²) in [4.78, 5) is 19.2. The standard InChI is InChI=1S/C13H16N6O/c1-8-6-14-12(16-10(8)19(2)3)18-13-15-7-9-4-5-20-11(9)17-13/h6-7H,4-5H2,1-3H3,(H,14,15,16,17,18). The van der Waals surface area contributed by atoms with Crippen LogP contribution in [0.3, 0.4) is 0 Å². The molecule has 0 radical (unpaired) electrons. The Kier molecular flexibility index (Phi) is 3.09. The molecule has 0 saturated heterocycles. The van der Waals surface area contributed by atoms with E-state index in [0.29, 0.717) is 24.4 Å². The van der Waals surface area contributed by atoms with Crippen molar-refractivity contribution in [3.05, 3.63) is 23.5 Å². The van der Waals surface area contributed by atoms with Gasteiger partial charge in [-0.2, -0.15) is 9.97 Å². The van der Waals surface area contributed by atoms with Gasteiger partial charge in [-0.3, -0.25) is 5.32 Å². The molecule has 7 heteroatoms. The number of nitrogens with zero attached hydrogens (tertiary/aromatic N) is 5. The lowest BCUT2D eigenvalue weighted by Crippen LogP contribution is -2.14. The average Bonchev–Trinajstić information content (AvgIpc) is 2.88. The molecule has 0 aliphatic carbocycles. The first-order valence-corrected chi connectivity index (χ1v) is 6.40. The van der Waals surface area contributed by atoms with Gasteiger partial charge in [0.2, 0.25) is 17.8 Å². The molecule has 1 aliphatic heterocycles. The number of aromatic nitrogens is 4. The van der Waals surface area contributed by atoms with E-state index in [2.05, 4.69) is 25.3 Å². The highest BCUT2D eigenvalue weighted by Gasteiger charge is 2.15. The molecule has 0 amide bonds. The van der Waals surface area contributed by atoms with E-state index >= 15 is 0 Å². The van der Waals surface area contributed by atoms with Gasteiger partial charge in [0.05, 0.1) is 6.61 Å². The summed E-state index contributed by atoms with van der Waals surface area (Å²) in [5, 5.41) is 3.00. The topological polar surface area (TPSA) is 76.1 Å². The van der Waals surface area contributed by atoms with Crippen molar-refractivity contribution in [3.8, 4) is 5.88 Å². The fourth-order valence-electron chi connectivity index (χ4n) is 2.05. The summed E-state index contributed by atoms with van der Waals surface area (Å²) >= 11 is 0. The highest BCUT2D eigenvalue weighted by atomic mass is 16.5. The van der Waals surface area contributed by atoms with E-state index in [1.165, 1.54) is 0 Å². The molecule has 2 aromatic rings. The second-order valence-electron chi connectivity index (χ2n) is 4.84. The van der Waals surface area contributed by atoms with E-state index in [-0.39, 0.29) is 0 Å². The Labute approximate surface area is 117 Å². The Morgan fingerprint density at radius 1 is 1.15 bits per heavy atom. The first kappa shape index (κ1) is 12.6. The van der Waals surface area contributed by atoms with Crippen molar-refractivity contribution in [3.63, 3.8) is 0 Å². The van der Waals surface area contributed by atoms with Crippen LogP contribution in [-0.4, -0.2) is 40.6 Å². The van der Waals surface area contributed by atoms with Crippen LogP contribution in [0.5, 0.6) is 5.88 Å². The molecule has 0 bridgehead atoms. The smallest absolute Gasteiger partial charge is 0.232 e. The van der Waals surface area contributed by atoms with Crippen LogP contribution < -0.4 is 15.0 Å². The second kappa shape index (κ2) is 4.92. The van der Waals surface area contributed by atoms with Crippen LogP contribution >= 0.6 is 0 Å². The molecule has 3 rings (SSSR count). The number of hydrogen-bond donors (Lipinski definition) is 1. The monoisotopic (exact) mass is 272 g/mol. The first-order valence-electron chi connectivity index (χ1n) is 6.40. The van der Waals surface area contributed by atoms with Gasteiger partial charge in [0.1, 0.15) is 5.82 Å². The molecule has 0 spiro atoms. The number of rotatable bonds is 3. The molecule has 0 unspecified atom stereocenters. The zero-order valence-corrected chi connectivity index (χ0v) is 11.7. The molecule has 2 aromatic heterocycles. The molecule has 1 aliphatic rings. The van der Waals surface area contributed by atoms with Gasteiger partial charge in [-0.15, -0.1) is 0 Å². The Morgan fingerprint density at radius 2 is 1.90 bits per heavy atom. The summed E-state index contributed by atoms with van der Waals surface area (Å²) in [5.74, 6) is 2.42. The van der Waals surface area contributed by atoms with Gasteiger partial charge in [0.25, 0.3) is 0 Å². The molecular formula is C13H16N6O. The molecular weight excluding hydrogens is 256 g/mol. The van der Waals surface area contributed by atoms with Crippen LogP contribution in [0.25, 0.3) is 0 Å². The molecule has 7 nitrogen and oxygen atoms in total. The molecule has 0 saturated carbocycles. The van der Waals surface area contributed by atoms with Crippen molar-refractivity contribution in [1.82, 2.24) is 19.9 Å². The van der Waals surface area contributed by atoms with Gasteiger partial charge in [-0.05, 0) is 6.92 Å². The van der Waals surface area contributed by atoms with Gasteiger partial charge < -0.3 is 9.64 Å². The third kappa shape index (κ3) is 2.34. The maximum absolute atomic E-state index is 5.42. The SMILES string of the molecule is Cc1cnc(Nc2ncc3c(n2)OCC3)nc1N(C)C. The van der Waals surface area contributed by atoms with Crippen molar-refractivity contribution >= 4 is 17.7 Å². The predicted octanol–water partition coefficient (Wildman–Crippen LogP) is 1.32. The van der Waals surface area contributed by atoms with Gasteiger partial charge in [-0.1, -0.05) is 0 Å². The highest BCUT2D eigenvalue weighted by Crippen LogP contribution is 2.23. The molecule has 0 atom stereocenters. The second-order valence-corrected chi connectivity index (χ2v) is 4.84. The van der Waals surface area contributed by atoms with Crippen molar-refractivity contribution in [1.29, 1.82) is 0 Å². The molecule has 1 N–H and O–H groups in total. The Balaban J connectivity index is 1.86. The number of nitrogens with one attached hydrogen (secondary N) is 1. The van der Waals surface area contributed by atoms with Gasteiger partial charge in [-0.25, -0.2) is 9.97 Å². The van der Waals surface area contributed by atoms with Crippen LogP contribution in [0.1, 0.15) is 11.1 Å². The molecule has 104 valence electrons. The third-order valence-corrected chi connectivity index (χ3v) is 3.03. The Morgan fingerprint density at radius 3 is 2.70 bits per heavy atom. The van der Waals surface area contributed by atoms with Gasteiger partial charge in [0.15, 0.2) is 0 Å². The average molecular weight is 272 g/mol. The van der Waals surface area contributed by atoms with Crippen molar-refractivity contribution < 1.29 is 4.74 Å². The number of ether oxygens (including phenoxy) is 1. The Bertz CT molecular complexity index is 643. The van der Waals surface area contributed by atoms with Crippen molar-refractivity contribution in [2.45, 2.75) is 13.3 Å². The van der Waals surface area contributed by atoms with Crippen LogP contribution in [0.2, 0.25) is 0 Å². The van der Waals surface area contributed by atoms with E-state index in [1.54, 1.807) is 12.4 Å². The van der Waals surface area contributed by atoms with E-state index in [4.69, 9.17) is 4.74 Å². The van der Waals surface area contributed by atoms with E-state index < -0.39 is 0 Å². The lowest BCUT2D eigenvalue weighted by molar-refractivity contribution is 0.345. The van der Waals surface area contributed by atoms with Crippen molar-refractivity contribution in [2.75, 3.05) is 30.9 Å². The minimum absolute atomic E-state index is 0.444. The normalized spacial score (nSPS) is 12.8. The quantitative estimate of drug-likeness (QED) is 0.903. The fraction of sp³-hybridized carbons (Fsp3) is 0.385. The summed E-state index contributed by atoms with van der Waals surface area (Å²) in [6.45, 7) is 2.64. The molecule has 20 heavy (non-hydrogen) atoms. The van der Waals surface area contributed by atoms with Crippen molar-refractivity contribution in [2.24, 2.45) is 0 Å². The van der Waals surface area contributed by atoms with E-state index in [1.807, 2.05) is 25.9 Å². The highest BCUT2D eigenvalue weighted by molar-refractivity contribution is 5.51. The van der Waals surface area contributed by atoms with E-state index in [0.717, 1.165) is 23.4 Å². The summed E-state index contributed by atoms with van der Waals surface area (Å²) < 4.78 is 5.42. The maximum atomic E-state index is 5.42. The Hall–Kier alpha value is -2.44. The van der Waals surface area contributed by atoms with Crippen LogP contribution in [-0.2, 0) is 6.42 Å². The van der Waals surface area contributed by atoms with Crippen LogP contribution in [0.15, 0.2) is 12.4 Å². The summed E-state index contributed by atoms with van der Waals surface area (Å²) in [6, 6.07) is 0. The molecule has 0 aromatic carbocycles.